The molecule has 0 unspecified atom stereocenters. The highest BCUT2D eigenvalue weighted by Gasteiger charge is 2.22. The van der Waals surface area contributed by atoms with Crippen LogP contribution in [0.15, 0.2) is 76.2 Å². The molecule has 0 aliphatic carbocycles. The number of carbonyl (C=O) groups is 1. The number of furan rings is 1. The highest BCUT2D eigenvalue weighted by molar-refractivity contribution is 7.90. The van der Waals surface area contributed by atoms with Crippen LogP contribution in [-0.4, -0.2) is 39.9 Å². The van der Waals surface area contributed by atoms with Crippen molar-refractivity contribution >= 4 is 21.4 Å². The van der Waals surface area contributed by atoms with Crippen LogP contribution in [0.1, 0.15) is 21.7 Å². The zero-order valence-electron chi connectivity index (χ0n) is 16.5. The van der Waals surface area contributed by atoms with Crippen LogP contribution in [0, 0.1) is 0 Å². The molecule has 0 aliphatic rings. The van der Waals surface area contributed by atoms with Crippen molar-refractivity contribution in [3.8, 4) is 0 Å². The first kappa shape index (κ1) is 20.8. The highest BCUT2D eigenvalue weighted by atomic mass is 32.2. The molecule has 0 spiro atoms. The average molecular weight is 413 g/mol. The lowest BCUT2D eigenvalue weighted by molar-refractivity contribution is 0.0996. The maximum absolute atomic E-state index is 12.6. The Kier molecular flexibility index (Phi) is 6.51. The average Bonchev–Trinajstić information content (AvgIpc) is 3.15. The summed E-state index contributed by atoms with van der Waals surface area (Å²) < 4.78 is 30.5. The van der Waals surface area contributed by atoms with E-state index in [-0.39, 0.29) is 16.4 Å². The first-order valence-corrected chi connectivity index (χ1v) is 10.9. The number of benzene rings is 2. The molecule has 0 aliphatic heterocycles. The zero-order chi connectivity index (χ0) is 20.9. The van der Waals surface area contributed by atoms with E-state index in [2.05, 4.69) is 10.2 Å². The van der Waals surface area contributed by atoms with E-state index in [0.717, 1.165) is 13.0 Å². The molecule has 1 heterocycles. The summed E-state index contributed by atoms with van der Waals surface area (Å²) in [6, 6.07) is 17.2. The standard InChI is InChI=1S/C22H24N2O4S/c1-24(2)14-12-17-8-10-19(11-9-17)23-22(25)21-18(13-15-28-21)16-29(26,27)20-6-4-3-5-7-20/h3-11,13,15H,12,14,16H2,1-2H3,(H,23,25). The Bertz CT molecular complexity index is 1060. The second kappa shape index (κ2) is 9.07. The maximum atomic E-state index is 12.6. The summed E-state index contributed by atoms with van der Waals surface area (Å²) in [7, 11) is 0.468. The van der Waals surface area contributed by atoms with Crippen molar-refractivity contribution in [3.05, 3.63) is 83.8 Å². The van der Waals surface area contributed by atoms with Crippen molar-refractivity contribution in [3.63, 3.8) is 0 Å². The molecule has 0 saturated heterocycles. The third-order valence-electron chi connectivity index (χ3n) is 4.46. The minimum atomic E-state index is -3.58. The van der Waals surface area contributed by atoms with Crippen LogP contribution in [0.3, 0.4) is 0 Å². The molecule has 0 saturated carbocycles. The maximum Gasteiger partial charge on any atom is 0.291 e. The predicted octanol–water partition coefficient (Wildman–Crippen LogP) is 3.61. The largest absolute Gasteiger partial charge is 0.459 e. The van der Waals surface area contributed by atoms with Crippen molar-refractivity contribution < 1.29 is 17.6 Å². The summed E-state index contributed by atoms with van der Waals surface area (Å²) in [5.74, 6) is -0.782. The summed E-state index contributed by atoms with van der Waals surface area (Å²) in [6.07, 6.45) is 2.25. The number of anilines is 1. The Morgan fingerprint density at radius 1 is 1.00 bits per heavy atom. The Balaban J connectivity index is 1.69. The van der Waals surface area contributed by atoms with E-state index in [0.29, 0.717) is 11.3 Å². The second-order valence-corrected chi connectivity index (χ2v) is 9.04. The van der Waals surface area contributed by atoms with E-state index in [1.54, 1.807) is 18.2 Å². The fourth-order valence-electron chi connectivity index (χ4n) is 2.86. The summed E-state index contributed by atoms with van der Waals surface area (Å²) in [5.41, 5.74) is 2.12. The van der Waals surface area contributed by atoms with Crippen LogP contribution < -0.4 is 5.32 Å². The molecule has 1 amide bonds. The first-order valence-electron chi connectivity index (χ1n) is 9.24. The number of nitrogens with one attached hydrogen (secondary N) is 1. The number of nitrogens with zero attached hydrogens (tertiary/aromatic N) is 1. The minimum absolute atomic E-state index is 0.00110. The first-order chi connectivity index (χ1) is 13.8. The Hall–Kier alpha value is -2.90. The lowest BCUT2D eigenvalue weighted by Gasteiger charge is -2.10. The molecule has 0 fully saturated rings. The van der Waals surface area contributed by atoms with Crippen molar-refractivity contribution in [1.82, 2.24) is 4.90 Å². The van der Waals surface area contributed by atoms with E-state index in [1.165, 1.54) is 30.0 Å². The van der Waals surface area contributed by atoms with Gasteiger partial charge in [-0.1, -0.05) is 30.3 Å². The van der Waals surface area contributed by atoms with Crippen LogP contribution in [0.25, 0.3) is 0 Å². The summed E-state index contributed by atoms with van der Waals surface area (Å²) >= 11 is 0. The fraction of sp³-hybridized carbons (Fsp3) is 0.227. The Morgan fingerprint density at radius 3 is 2.34 bits per heavy atom. The molecule has 0 bridgehead atoms. The molecule has 2 aromatic carbocycles. The number of hydrogen-bond donors (Lipinski definition) is 1. The van der Waals surface area contributed by atoms with Crippen molar-refractivity contribution in [2.45, 2.75) is 17.1 Å². The molecule has 29 heavy (non-hydrogen) atoms. The van der Waals surface area contributed by atoms with Crippen molar-refractivity contribution in [1.29, 1.82) is 0 Å². The monoisotopic (exact) mass is 412 g/mol. The Labute approximate surface area is 171 Å². The molecular formula is C22H24N2O4S. The van der Waals surface area contributed by atoms with Gasteiger partial charge in [0.2, 0.25) is 0 Å². The second-order valence-electron chi connectivity index (χ2n) is 7.05. The van der Waals surface area contributed by atoms with Gasteiger partial charge < -0.3 is 14.6 Å². The summed E-state index contributed by atoms with van der Waals surface area (Å²) in [4.78, 5) is 14.9. The normalized spacial score (nSPS) is 11.6. The lowest BCUT2D eigenvalue weighted by atomic mass is 10.1. The van der Waals surface area contributed by atoms with Crippen LogP contribution in [0.2, 0.25) is 0 Å². The predicted molar refractivity (Wildman–Crippen MR) is 113 cm³/mol. The van der Waals surface area contributed by atoms with E-state index >= 15 is 0 Å². The van der Waals surface area contributed by atoms with Crippen molar-refractivity contribution in [2.75, 3.05) is 26.0 Å². The van der Waals surface area contributed by atoms with Crippen LogP contribution in [0.4, 0.5) is 5.69 Å². The van der Waals surface area contributed by atoms with Gasteiger partial charge >= 0.3 is 0 Å². The SMILES string of the molecule is CN(C)CCc1ccc(NC(=O)c2occc2CS(=O)(=O)c2ccccc2)cc1. The number of hydrogen-bond acceptors (Lipinski definition) is 5. The minimum Gasteiger partial charge on any atom is -0.459 e. The van der Waals surface area contributed by atoms with Crippen molar-refractivity contribution in [2.24, 2.45) is 0 Å². The molecule has 0 atom stereocenters. The Morgan fingerprint density at radius 2 is 1.69 bits per heavy atom. The molecule has 0 radical (unpaired) electrons. The number of carbonyl (C=O) groups excluding carboxylic acids is 1. The molecule has 1 N–H and O–H groups in total. The van der Waals surface area contributed by atoms with E-state index in [1.807, 2.05) is 38.4 Å². The third-order valence-corrected chi connectivity index (χ3v) is 6.14. The van der Waals surface area contributed by atoms with Gasteiger partial charge in [0.1, 0.15) is 0 Å². The van der Waals surface area contributed by atoms with Gasteiger partial charge in [-0.05, 0) is 56.4 Å². The lowest BCUT2D eigenvalue weighted by Crippen LogP contribution is -2.15. The van der Waals surface area contributed by atoms with Gasteiger partial charge in [0.15, 0.2) is 15.6 Å². The van der Waals surface area contributed by atoms with Gasteiger partial charge in [0.05, 0.1) is 16.9 Å². The van der Waals surface area contributed by atoms with Gasteiger partial charge in [-0.15, -0.1) is 0 Å². The quantitative estimate of drug-likeness (QED) is 0.611. The van der Waals surface area contributed by atoms with Crippen LogP contribution in [0.5, 0.6) is 0 Å². The summed E-state index contributed by atoms with van der Waals surface area (Å²) in [6.45, 7) is 0.942. The van der Waals surface area contributed by atoms with Gasteiger partial charge in [0.25, 0.3) is 5.91 Å². The molecule has 3 rings (SSSR count). The van der Waals surface area contributed by atoms with E-state index in [9.17, 15) is 13.2 Å². The molecule has 3 aromatic rings. The number of rotatable bonds is 8. The molecule has 1 aromatic heterocycles. The number of sulfone groups is 1. The van der Waals surface area contributed by atoms with Gasteiger partial charge in [-0.2, -0.15) is 0 Å². The molecular weight excluding hydrogens is 388 g/mol. The highest BCUT2D eigenvalue weighted by Crippen LogP contribution is 2.21. The molecule has 152 valence electrons. The van der Waals surface area contributed by atoms with Gasteiger partial charge in [0, 0.05) is 17.8 Å². The fourth-order valence-corrected chi connectivity index (χ4v) is 4.23. The molecule has 7 heteroatoms. The summed E-state index contributed by atoms with van der Waals surface area (Å²) in [5, 5.41) is 2.76. The molecule has 6 nitrogen and oxygen atoms in total. The topological polar surface area (TPSA) is 79.6 Å². The van der Waals surface area contributed by atoms with Gasteiger partial charge in [-0.25, -0.2) is 8.42 Å². The number of likely N-dealkylation sites (N-methyl/N-ethyl adjacent to an activating group) is 1. The van der Waals surface area contributed by atoms with Gasteiger partial charge in [-0.3, -0.25) is 4.79 Å². The smallest absolute Gasteiger partial charge is 0.291 e. The number of amides is 1. The third kappa shape index (κ3) is 5.56. The van der Waals surface area contributed by atoms with E-state index < -0.39 is 15.7 Å². The van der Waals surface area contributed by atoms with E-state index in [4.69, 9.17) is 4.42 Å². The van der Waals surface area contributed by atoms with Crippen LogP contribution >= 0.6 is 0 Å². The van der Waals surface area contributed by atoms with Crippen LogP contribution in [-0.2, 0) is 22.0 Å². The zero-order valence-corrected chi connectivity index (χ0v) is 17.3.